The summed E-state index contributed by atoms with van der Waals surface area (Å²) in [5.41, 5.74) is 2.29. The molecule has 3 N–H and O–H groups in total. The van der Waals surface area contributed by atoms with E-state index in [-0.39, 0.29) is 5.41 Å². The first kappa shape index (κ1) is 21.5. The molecule has 0 saturated heterocycles. The molecule has 1 rings (SSSR count). The molecule has 0 bridgehead atoms. The maximum absolute atomic E-state index is 10.4. The van der Waals surface area contributed by atoms with Crippen LogP contribution in [-0.2, 0) is 5.41 Å². The zero-order valence-corrected chi connectivity index (χ0v) is 16.8. The van der Waals surface area contributed by atoms with Crippen LogP contribution >= 0.6 is 0 Å². The number of benzene rings is 1. The van der Waals surface area contributed by atoms with E-state index in [1.165, 1.54) is 5.56 Å². The van der Waals surface area contributed by atoms with E-state index in [1.54, 1.807) is 0 Å². The van der Waals surface area contributed by atoms with Crippen LogP contribution in [0.3, 0.4) is 0 Å². The molecule has 0 radical (unpaired) electrons. The van der Waals surface area contributed by atoms with Crippen molar-refractivity contribution in [2.75, 3.05) is 40.3 Å². The Bertz CT molecular complexity index is 517. The highest BCUT2D eigenvalue weighted by Crippen LogP contribution is 2.24. The monoisotopic (exact) mass is 348 g/mol. The zero-order chi connectivity index (χ0) is 18.9. The summed E-state index contributed by atoms with van der Waals surface area (Å²) >= 11 is 0. The van der Waals surface area contributed by atoms with E-state index < -0.39 is 6.10 Å². The average molecular weight is 349 g/mol. The first-order valence-electron chi connectivity index (χ1n) is 9.19. The minimum absolute atomic E-state index is 0.121. The third kappa shape index (κ3) is 8.36. The molecule has 1 unspecified atom stereocenters. The Kier molecular flexibility index (Phi) is 8.93. The Hall–Kier alpha value is -1.59. The first-order valence-corrected chi connectivity index (χ1v) is 9.19. The summed E-state index contributed by atoms with van der Waals surface area (Å²) in [5.74, 6) is 0.756. The minimum Gasteiger partial charge on any atom is -0.386 e. The topological polar surface area (TPSA) is 59.9 Å². The molecule has 0 saturated carbocycles. The lowest BCUT2D eigenvalue weighted by Gasteiger charge is -2.20. The van der Waals surface area contributed by atoms with Crippen LogP contribution in [0.15, 0.2) is 29.3 Å². The zero-order valence-electron chi connectivity index (χ0n) is 16.8. The minimum atomic E-state index is -0.591. The molecule has 5 heteroatoms. The molecule has 0 aliphatic heterocycles. The number of nitrogens with zero attached hydrogens (tertiary/aromatic N) is 2. The van der Waals surface area contributed by atoms with E-state index in [1.807, 2.05) is 19.1 Å². The molecule has 0 amide bonds. The SMILES string of the molecule is CCNC(=NCC(O)c1ccc(C(C)(C)C)cc1)NCCCN(C)C. The molecule has 0 aliphatic rings. The van der Waals surface area contributed by atoms with E-state index in [2.05, 4.69) is 67.5 Å². The van der Waals surface area contributed by atoms with Gasteiger partial charge in [-0.1, -0.05) is 45.0 Å². The van der Waals surface area contributed by atoms with Crippen molar-refractivity contribution < 1.29 is 5.11 Å². The Morgan fingerprint density at radius 1 is 1.16 bits per heavy atom. The van der Waals surface area contributed by atoms with Crippen molar-refractivity contribution in [1.82, 2.24) is 15.5 Å². The van der Waals surface area contributed by atoms with Gasteiger partial charge in [0.25, 0.3) is 0 Å². The second kappa shape index (κ2) is 10.4. The molecule has 0 aliphatic carbocycles. The van der Waals surface area contributed by atoms with Gasteiger partial charge in [0.2, 0.25) is 0 Å². The Morgan fingerprint density at radius 3 is 2.32 bits per heavy atom. The summed E-state index contributed by atoms with van der Waals surface area (Å²) in [6.45, 7) is 11.6. The molecular formula is C20H36N4O. The number of hydrogen-bond acceptors (Lipinski definition) is 3. The molecule has 0 heterocycles. The maximum Gasteiger partial charge on any atom is 0.191 e. The number of aliphatic imine (C=N–C) groups is 1. The van der Waals surface area contributed by atoms with Gasteiger partial charge < -0.3 is 20.6 Å². The van der Waals surface area contributed by atoms with Gasteiger partial charge in [-0.15, -0.1) is 0 Å². The summed E-state index contributed by atoms with van der Waals surface area (Å²) in [6.07, 6.45) is 0.458. The fourth-order valence-corrected chi connectivity index (χ4v) is 2.43. The summed E-state index contributed by atoms with van der Waals surface area (Å²) in [6, 6.07) is 8.18. The normalized spacial score (nSPS) is 13.8. The summed E-state index contributed by atoms with van der Waals surface area (Å²) in [4.78, 5) is 6.67. The van der Waals surface area contributed by atoms with Gasteiger partial charge in [0.05, 0.1) is 12.6 Å². The van der Waals surface area contributed by atoms with Crippen LogP contribution in [0.5, 0.6) is 0 Å². The molecule has 0 spiro atoms. The van der Waals surface area contributed by atoms with Crippen molar-refractivity contribution in [1.29, 1.82) is 0 Å². The molecule has 5 nitrogen and oxygen atoms in total. The molecular weight excluding hydrogens is 312 g/mol. The van der Waals surface area contributed by atoms with Gasteiger partial charge in [0.1, 0.15) is 0 Å². The second-order valence-electron chi connectivity index (χ2n) is 7.69. The highest BCUT2D eigenvalue weighted by Gasteiger charge is 2.14. The highest BCUT2D eigenvalue weighted by atomic mass is 16.3. The fraction of sp³-hybridized carbons (Fsp3) is 0.650. The number of hydrogen-bond donors (Lipinski definition) is 3. The molecule has 142 valence electrons. The van der Waals surface area contributed by atoms with Crippen molar-refractivity contribution in [2.45, 2.75) is 45.6 Å². The third-order valence-electron chi connectivity index (χ3n) is 4.00. The third-order valence-corrected chi connectivity index (χ3v) is 4.00. The van der Waals surface area contributed by atoms with Crippen LogP contribution in [0.4, 0.5) is 0 Å². The van der Waals surface area contributed by atoms with Crippen LogP contribution in [0.2, 0.25) is 0 Å². The molecule has 25 heavy (non-hydrogen) atoms. The van der Waals surface area contributed by atoms with Crippen LogP contribution in [0.25, 0.3) is 0 Å². The first-order chi connectivity index (χ1) is 11.7. The number of nitrogens with one attached hydrogen (secondary N) is 2. The number of aliphatic hydroxyl groups excluding tert-OH is 1. The smallest absolute Gasteiger partial charge is 0.191 e. The summed E-state index contributed by atoms with van der Waals surface area (Å²) in [5, 5.41) is 16.9. The lowest BCUT2D eigenvalue weighted by Crippen LogP contribution is -2.38. The molecule has 1 aromatic rings. The second-order valence-corrected chi connectivity index (χ2v) is 7.69. The van der Waals surface area contributed by atoms with E-state index in [9.17, 15) is 5.11 Å². The highest BCUT2D eigenvalue weighted by molar-refractivity contribution is 5.79. The van der Waals surface area contributed by atoms with E-state index in [4.69, 9.17) is 0 Å². The van der Waals surface area contributed by atoms with Crippen molar-refractivity contribution in [3.8, 4) is 0 Å². The van der Waals surface area contributed by atoms with Gasteiger partial charge in [-0.3, -0.25) is 4.99 Å². The van der Waals surface area contributed by atoms with E-state index in [0.29, 0.717) is 6.54 Å². The van der Waals surface area contributed by atoms with Crippen LogP contribution in [0.1, 0.15) is 51.3 Å². The van der Waals surface area contributed by atoms with Crippen molar-refractivity contribution >= 4 is 5.96 Å². The van der Waals surface area contributed by atoms with Crippen molar-refractivity contribution in [3.05, 3.63) is 35.4 Å². The van der Waals surface area contributed by atoms with E-state index in [0.717, 1.165) is 37.6 Å². The average Bonchev–Trinajstić information content (AvgIpc) is 2.55. The van der Waals surface area contributed by atoms with Crippen molar-refractivity contribution in [2.24, 2.45) is 4.99 Å². The maximum atomic E-state index is 10.4. The predicted molar refractivity (Wildman–Crippen MR) is 107 cm³/mol. The summed E-state index contributed by atoms with van der Waals surface area (Å²) < 4.78 is 0. The number of guanidine groups is 1. The predicted octanol–water partition coefficient (Wildman–Crippen LogP) is 2.52. The van der Waals surface area contributed by atoms with Gasteiger partial charge >= 0.3 is 0 Å². The van der Waals surface area contributed by atoms with Gasteiger partial charge in [0.15, 0.2) is 5.96 Å². The van der Waals surface area contributed by atoms with Gasteiger partial charge in [-0.05, 0) is 50.5 Å². The fourth-order valence-electron chi connectivity index (χ4n) is 2.43. The Balaban J connectivity index is 2.59. The molecule has 1 atom stereocenters. The van der Waals surface area contributed by atoms with Gasteiger partial charge in [0, 0.05) is 13.1 Å². The summed E-state index contributed by atoms with van der Waals surface area (Å²) in [7, 11) is 4.14. The number of rotatable bonds is 8. The van der Waals surface area contributed by atoms with Crippen LogP contribution in [-0.4, -0.2) is 56.2 Å². The van der Waals surface area contributed by atoms with Crippen molar-refractivity contribution in [3.63, 3.8) is 0 Å². The Labute approximate surface area is 153 Å². The standard InChI is InChI=1S/C20H36N4O/c1-7-21-19(22-13-8-14-24(5)6)23-15-18(25)16-9-11-17(12-10-16)20(2,3)4/h9-12,18,25H,7-8,13-15H2,1-6H3,(H2,21,22,23). The quantitative estimate of drug-likeness (QED) is 0.384. The molecule has 0 fully saturated rings. The lowest BCUT2D eigenvalue weighted by atomic mass is 9.86. The van der Waals surface area contributed by atoms with Crippen LogP contribution in [0, 0.1) is 0 Å². The van der Waals surface area contributed by atoms with Crippen LogP contribution < -0.4 is 10.6 Å². The molecule has 0 aromatic heterocycles. The largest absolute Gasteiger partial charge is 0.386 e. The van der Waals surface area contributed by atoms with E-state index >= 15 is 0 Å². The Morgan fingerprint density at radius 2 is 1.80 bits per heavy atom. The lowest BCUT2D eigenvalue weighted by molar-refractivity contribution is 0.187. The number of aliphatic hydroxyl groups is 1. The van der Waals surface area contributed by atoms with Gasteiger partial charge in [-0.25, -0.2) is 0 Å². The van der Waals surface area contributed by atoms with Gasteiger partial charge in [-0.2, -0.15) is 0 Å². The molecule has 1 aromatic carbocycles.